The summed E-state index contributed by atoms with van der Waals surface area (Å²) in [7, 11) is 4.01. The average Bonchev–Trinajstić information content (AvgIpc) is 2.26. The number of benzene rings is 1. The second-order valence-electron chi connectivity index (χ2n) is 4.36. The summed E-state index contributed by atoms with van der Waals surface area (Å²) < 4.78 is 1.09. The SMILES string of the molecule is CNCc1cc(Br)ccc1N(C)CCC(C)O. The lowest BCUT2D eigenvalue weighted by atomic mass is 10.1. The number of nitrogens with zero attached hydrogens (tertiary/aromatic N) is 1. The van der Waals surface area contributed by atoms with Crippen LogP contribution in [0.4, 0.5) is 5.69 Å². The number of anilines is 1. The molecule has 3 nitrogen and oxygen atoms in total. The van der Waals surface area contributed by atoms with E-state index in [-0.39, 0.29) is 6.10 Å². The molecule has 0 spiro atoms. The Morgan fingerprint density at radius 3 is 2.76 bits per heavy atom. The maximum absolute atomic E-state index is 9.32. The quantitative estimate of drug-likeness (QED) is 0.847. The Kier molecular flexibility index (Phi) is 5.95. The molecule has 1 unspecified atom stereocenters. The third kappa shape index (κ3) is 4.66. The maximum atomic E-state index is 9.32. The van der Waals surface area contributed by atoms with Crippen LogP contribution >= 0.6 is 15.9 Å². The van der Waals surface area contributed by atoms with E-state index < -0.39 is 0 Å². The topological polar surface area (TPSA) is 35.5 Å². The molecule has 17 heavy (non-hydrogen) atoms. The Balaban J connectivity index is 2.80. The van der Waals surface area contributed by atoms with Crippen LogP contribution in [0.5, 0.6) is 0 Å². The van der Waals surface area contributed by atoms with Crippen molar-refractivity contribution in [2.45, 2.75) is 26.0 Å². The van der Waals surface area contributed by atoms with Crippen LogP contribution in [-0.2, 0) is 6.54 Å². The van der Waals surface area contributed by atoms with Gasteiger partial charge in [0.1, 0.15) is 0 Å². The van der Waals surface area contributed by atoms with Crippen LogP contribution in [0.1, 0.15) is 18.9 Å². The van der Waals surface area contributed by atoms with Gasteiger partial charge in [-0.25, -0.2) is 0 Å². The van der Waals surface area contributed by atoms with Crippen molar-refractivity contribution in [1.82, 2.24) is 5.32 Å². The van der Waals surface area contributed by atoms with E-state index >= 15 is 0 Å². The molecule has 1 aromatic carbocycles. The second kappa shape index (κ2) is 6.99. The molecule has 0 saturated carbocycles. The van der Waals surface area contributed by atoms with Crippen molar-refractivity contribution >= 4 is 21.6 Å². The van der Waals surface area contributed by atoms with Crippen LogP contribution in [0.15, 0.2) is 22.7 Å². The fourth-order valence-electron chi connectivity index (χ4n) is 1.76. The standard InChI is InChI=1S/C13H21BrN2O/c1-10(17)6-7-16(3)13-5-4-12(14)8-11(13)9-15-2/h4-5,8,10,15,17H,6-7,9H2,1-3H3. The average molecular weight is 301 g/mol. The molecule has 1 atom stereocenters. The molecule has 0 aliphatic carbocycles. The molecule has 0 aliphatic heterocycles. The fourth-order valence-corrected chi connectivity index (χ4v) is 2.17. The monoisotopic (exact) mass is 300 g/mol. The molecular formula is C13H21BrN2O. The van der Waals surface area contributed by atoms with E-state index in [9.17, 15) is 5.11 Å². The number of halogens is 1. The minimum absolute atomic E-state index is 0.249. The Morgan fingerprint density at radius 2 is 2.18 bits per heavy atom. The first-order chi connectivity index (χ1) is 8.04. The van der Waals surface area contributed by atoms with Gasteiger partial charge < -0.3 is 15.3 Å². The summed E-state index contributed by atoms with van der Waals surface area (Å²) >= 11 is 3.49. The van der Waals surface area contributed by atoms with Crippen LogP contribution in [0.3, 0.4) is 0 Å². The smallest absolute Gasteiger partial charge is 0.0528 e. The predicted molar refractivity (Wildman–Crippen MR) is 76.5 cm³/mol. The third-order valence-corrected chi connectivity index (χ3v) is 3.20. The first-order valence-corrected chi connectivity index (χ1v) is 6.66. The molecule has 4 heteroatoms. The van der Waals surface area contributed by atoms with Crippen LogP contribution in [0.2, 0.25) is 0 Å². The molecule has 0 heterocycles. The molecule has 0 amide bonds. The van der Waals surface area contributed by atoms with E-state index in [0.717, 1.165) is 24.0 Å². The van der Waals surface area contributed by atoms with Crippen LogP contribution in [0.25, 0.3) is 0 Å². The predicted octanol–water partition coefficient (Wildman–Crippen LogP) is 2.38. The Bertz CT molecular complexity index is 355. The van der Waals surface area contributed by atoms with Gasteiger partial charge in [-0.05, 0) is 44.2 Å². The number of hydrogen-bond acceptors (Lipinski definition) is 3. The molecule has 96 valence electrons. The highest BCUT2D eigenvalue weighted by Gasteiger charge is 2.08. The summed E-state index contributed by atoms with van der Waals surface area (Å²) in [6, 6.07) is 6.29. The molecule has 0 bridgehead atoms. The van der Waals surface area contributed by atoms with Gasteiger partial charge in [0, 0.05) is 30.3 Å². The highest BCUT2D eigenvalue weighted by molar-refractivity contribution is 9.10. The van der Waals surface area contributed by atoms with E-state index in [1.807, 2.05) is 20.0 Å². The van der Waals surface area contributed by atoms with Gasteiger partial charge in [0.15, 0.2) is 0 Å². The highest BCUT2D eigenvalue weighted by atomic mass is 79.9. The zero-order valence-corrected chi connectivity index (χ0v) is 12.3. The fraction of sp³-hybridized carbons (Fsp3) is 0.538. The summed E-state index contributed by atoms with van der Waals surface area (Å²) in [6.45, 7) is 3.52. The molecular weight excluding hydrogens is 280 g/mol. The highest BCUT2D eigenvalue weighted by Crippen LogP contribution is 2.24. The van der Waals surface area contributed by atoms with Crippen LogP contribution < -0.4 is 10.2 Å². The number of rotatable bonds is 6. The molecule has 0 aliphatic rings. The lowest BCUT2D eigenvalue weighted by molar-refractivity contribution is 0.187. The zero-order valence-electron chi connectivity index (χ0n) is 10.7. The first-order valence-electron chi connectivity index (χ1n) is 5.86. The number of aliphatic hydroxyl groups excluding tert-OH is 1. The summed E-state index contributed by atoms with van der Waals surface area (Å²) in [5, 5.41) is 12.5. The molecule has 1 aromatic rings. The lowest BCUT2D eigenvalue weighted by Gasteiger charge is -2.23. The van der Waals surface area contributed by atoms with Crippen molar-refractivity contribution < 1.29 is 5.11 Å². The van der Waals surface area contributed by atoms with Crippen molar-refractivity contribution in [2.75, 3.05) is 25.5 Å². The van der Waals surface area contributed by atoms with Crippen molar-refractivity contribution in [2.24, 2.45) is 0 Å². The minimum atomic E-state index is -0.249. The van der Waals surface area contributed by atoms with Crippen molar-refractivity contribution in [3.8, 4) is 0 Å². The summed E-state index contributed by atoms with van der Waals surface area (Å²) in [6.07, 6.45) is 0.534. The van der Waals surface area contributed by atoms with Gasteiger partial charge in [0.2, 0.25) is 0 Å². The van der Waals surface area contributed by atoms with Gasteiger partial charge in [-0.2, -0.15) is 0 Å². The summed E-state index contributed by atoms with van der Waals surface area (Å²) in [5.74, 6) is 0. The molecule has 0 fully saturated rings. The number of hydrogen-bond donors (Lipinski definition) is 2. The van der Waals surface area contributed by atoms with Gasteiger partial charge in [-0.3, -0.25) is 0 Å². The number of aliphatic hydroxyl groups is 1. The molecule has 1 rings (SSSR count). The van der Waals surface area contributed by atoms with E-state index in [1.165, 1.54) is 11.3 Å². The van der Waals surface area contributed by atoms with Gasteiger partial charge in [-0.15, -0.1) is 0 Å². The molecule has 2 N–H and O–H groups in total. The summed E-state index contributed by atoms with van der Waals surface area (Å²) in [4.78, 5) is 2.19. The van der Waals surface area contributed by atoms with Crippen LogP contribution in [0, 0.1) is 0 Å². The molecule has 0 radical (unpaired) electrons. The van der Waals surface area contributed by atoms with Gasteiger partial charge >= 0.3 is 0 Å². The van der Waals surface area contributed by atoms with Crippen molar-refractivity contribution in [3.63, 3.8) is 0 Å². The van der Waals surface area contributed by atoms with Gasteiger partial charge in [-0.1, -0.05) is 15.9 Å². The van der Waals surface area contributed by atoms with Crippen LogP contribution in [-0.4, -0.2) is 31.9 Å². The summed E-state index contributed by atoms with van der Waals surface area (Å²) in [5.41, 5.74) is 2.47. The zero-order chi connectivity index (χ0) is 12.8. The largest absolute Gasteiger partial charge is 0.393 e. The Hall–Kier alpha value is -0.580. The van der Waals surface area contributed by atoms with Crippen molar-refractivity contribution in [1.29, 1.82) is 0 Å². The number of nitrogens with one attached hydrogen (secondary N) is 1. The van der Waals surface area contributed by atoms with E-state index in [4.69, 9.17) is 0 Å². The van der Waals surface area contributed by atoms with Gasteiger partial charge in [0.05, 0.1) is 6.10 Å². The molecule has 0 aromatic heterocycles. The lowest BCUT2D eigenvalue weighted by Crippen LogP contribution is -2.23. The van der Waals surface area contributed by atoms with Gasteiger partial charge in [0.25, 0.3) is 0 Å². The minimum Gasteiger partial charge on any atom is -0.393 e. The van der Waals surface area contributed by atoms with Crippen molar-refractivity contribution in [3.05, 3.63) is 28.2 Å². The van der Waals surface area contributed by atoms with E-state index in [1.54, 1.807) is 0 Å². The Labute approximate surface area is 112 Å². The normalized spacial score (nSPS) is 12.5. The maximum Gasteiger partial charge on any atom is 0.0528 e. The first kappa shape index (κ1) is 14.5. The van der Waals surface area contributed by atoms with E-state index in [0.29, 0.717) is 0 Å². The Morgan fingerprint density at radius 1 is 1.47 bits per heavy atom. The van der Waals surface area contributed by atoms with E-state index in [2.05, 4.69) is 45.3 Å². The second-order valence-corrected chi connectivity index (χ2v) is 5.28. The third-order valence-electron chi connectivity index (χ3n) is 2.70. The molecule has 0 saturated heterocycles.